The Hall–Kier alpha value is -2.70. The molecule has 0 fully saturated rings. The average molecular weight is 435 g/mol. The molecule has 1 atom stereocenters. The van der Waals surface area contributed by atoms with Gasteiger partial charge in [0.2, 0.25) is 0 Å². The Balaban J connectivity index is 2.50. The molecule has 0 bridgehead atoms. The summed E-state index contributed by atoms with van der Waals surface area (Å²) in [5.41, 5.74) is 1.47. The van der Waals surface area contributed by atoms with Gasteiger partial charge in [-0.1, -0.05) is 26.2 Å². The van der Waals surface area contributed by atoms with Crippen LogP contribution in [0.3, 0.4) is 0 Å². The van der Waals surface area contributed by atoms with E-state index in [9.17, 15) is 9.59 Å². The van der Waals surface area contributed by atoms with Gasteiger partial charge in [-0.25, -0.2) is 0 Å². The van der Waals surface area contributed by atoms with Crippen molar-refractivity contribution in [3.63, 3.8) is 0 Å². The molecule has 0 amide bonds. The number of carbonyl (C=O) groups excluding carboxylic acids is 2. The number of esters is 2. The Morgan fingerprint density at radius 3 is 2.10 bits per heavy atom. The maximum absolute atomic E-state index is 12.8. The highest BCUT2D eigenvalue weighted by Gasteiger charge is 2.43. The second-order valence-corrected chi connectivity index (χ2v) is 7.28. The van der Waals surface area contributed by atoms with Crippen molar-refractivity contribution in [1.29, 1.82) is 0 Å². The van der Waals surface area contributed by atoms with Crippen LogP contribution >= 0.6 is 0 Å². The second kappa shape index (κ2) is 12.2. The van der Waals surface area contributed by atoms with Crippen molar-refractivity contribution < 1.29 is 33.3 Å². The highest BCUT2D eigenvalue weighted by Crippen LogP contribution is 2.43. The number of hydrogen-bond donors (Lipinski definition) is 0. The van der Waals surface area contributed by atoms with Gasteiger partial charge in [0.1, 0.15) is 6.10 Å². The Morgan fingerprint density at radius 1 is 0.935 bits per heavy atom. The minimum Gasteiger partial charge on any atom is -0.493 e. The monoisotopic (exact) mass is 434 g/mol. The van der Waals surface area contributed by atoms with Crippen LogP contribution in [0.1, 0.15) is 70.1 Å². The lowest BCUT2D eigenvalue weighted by Gasteiger charge is -2.31. The van der Waals surface area contributed by atoms with Crippen molar-refractivity contribution in [2.24, 2.45) is 5.92 Å². The third-order valence-corrected chi connectivity index (χ3v) is 5.15. The molecule has 0 saturated carbocycles. The van der Waals surface area contributed by atoms with E-state index in [1.54, 1.807) is 27.0 Å². The maximum Gasteiger partial charge on any atom is 0.324 e. The summed E-state index contributed by atoms with van der Waals surface area (Å²) in [4.78, 5) is 25.5. The number of unbranched alkanes of at least 4 members (excludes halogenated alkanes) is 3. The fourth-order valence-corrected chi connectivity index (χ4v) is 3.63. The van der Waals surface area contributed by atoms with Gasteiger partial charge in [0.05, 0.1) is 33.2 Å². The van der Waals surface area contributed by atoms with Gasteiger partial charge in [0, 0.05) is 12.0 Å². The Kier molecular flexibility index (Phi) is 9.69. The number of ether oxygens (including phenoxy) is 5. The van der Waals surface area contributed by atoms with Crippen LogP contribution < -0.4 is 9.47 Å². The first kappa shape index (κ1) is 24.6. The van der Waals surface area contributed by atoms with Gasteiger partial charge in [-0.2, -0.15) is 0 Å². The molecule has 31 heavy (non-hydrogen) atoms. The summed E-state index contributed by atoms with van der Waals surface area (Å²) in [7, 11) is 3.10. The predicted octanol–water partition coefficient (Wildman–Crippen LogP) is 4.83. The maximum atomic E-state index is 12.8. The number of carbonyl (C=O) groups is 2. The van der Waals surface area contributed by atoms with Crippen molar-refractivity contribution >= 4 is 18.0 Å². The summed E-state index contributed by atoms with van der Waals surface area (Å²) in [6, 6.07) is 3.58. The normalized spacial score (nSPS) is 14.9. The Morgan fingerprint density at radius 2 is 1.55 bits per heavy atom. The highest BCUT2D eigenvalue weighted by atomic mass is 16.6. The van der Waals surface area contributed by atoms with Gasteiger partial charge < -0.3 is 23.7 Å². The van der Waals surface area contributed by atoms with E-state index in [2.05, 4.69) is 6.92 Å². The van der Waals surface area contributed by atoms with E-state index in [1.165, 1.54) is 7.11 Å². The lowest BCUT2D eigenvalue weighted by atomic mass is 9.89. The number of methoxy groups -OCH3 is 2. The first-order valence-electron chi connectivity index (χ1n) is 11.0. The quantitative estimate of drug-likeness (QED) is 0.265. The molecule has 0 saturated heterocycles. The van der Waals surface area contributed by atoms with E-state index in [1.807, 2.05) is 12.1 Å². The van der Waals surface area contributed by atoms with E-state index < -0.39 is 24.0 Å². The van der Waals surface area contributed by atoms with Gasteiger partial charge in [0.25, 0.3) is 0 Å². The molecule has 1 unspecified atom stereocenters. The minimum atomic E-state index is -1.24. The molecule has 0 spiro atoms. The molecule has 0 radical (unpaired) electrons. The first-order chi connectivity index (χ1) is 15.0. The zero-order valence-corrected chi connectivity index (χ0v) is 19.2. The molecule has 2 rings (SSSR count). The molecule has 0 aromatic heterocycles. The summed E-state index contributed by atoms with van der Waals surface area (Å²) in [5.74, 6) is -0.804. The van der Waals surface area contributed by atoms with E-state index in [4.69, 9.17) is 23.7 Å². The van der Waals surface area contributed by atoms with Crippen molar-refractivity contribution in [3.8, 4) is 11.5 Å². The summed E-state index contributed by atoms with van der Waals surface area (Å²) >= 11 is 0. The molecule has 1 heterocycles. The van der Waals surface area contributed by atoms with Crippen molar-refractivity contribution in [2.45, 2.75) is 59.0 Å². The van der Waals surface area contributed by atoms with Crippen LogP contribution in [0, 0.1) is 5.92 Å². The summed E-state index contributed by atoms with van der Waals surface area (Å²) in [6.45, 7) is 5.86. The van der Waals surface area contributed by atoms with Crippen molar-refractivity contribution in [3.05, 3.63) is 29.0 Å². The molecule has 1 aliphatic heterocycles. The predicted molar refractivity (Wildman–Crippen MR) is 117 cm³/mol. The molecule has 0 N–H and O–H groups in total. The molecule has 1 aliphatic rings. The largest absolute Gasteiger partial charge is 0.493 e. The molecule has 1 aromatic rings. The number of allylic oxidation sites excluding steroid dienone is 1. The molecule has 1 aromatic carbocycles. The van der Waals surface area contributed by atoms with E-state index in [0.717, 1.165) is 37.0 Å². The Labute approximate surface area is 184 Å². The smallest absolute Gasteiger partial charge is 0.324 e. The van der Waals surface area contributed by atoms with E-state index in [-0.39, 0.29) is 13.2 Å². The third kappa shape index (κ3) is 6.15. The third-order valence-electron chi connectivity index (χ3n) is 5.15. The molecule has 172 valence electrons. The first-order valence-corrected chi connectivity index (χ1v) is 11.0. The van der Waals surface area contributed by atoms with Gasteiger partial charge in [-0.15, -0.1) is 0 Å². The van der Waals surface area contributed by atoms with E-state index >= 15 is 0 Å². The summed E-state index contributed by atoms with van der Waals surface area (Å²) in [5, 5.41) is 0. The van der Waals surface area contributed by atoms with Crippen LogP contribution in [-0.4, -0.2) is 39.4 Å². The van der Waals surface area contributed by atoms with Crippen LogP contribution in [0.15, 0.2) is 17.9 Å². The minimum absolute atomic E-state index is 0.153. The van der Waals surface area contributed by atoms with Crippen LogP contribution in [-0.2, 0) is 23.8 Å². The summed E-state index contributed by atoms with van der Waals surface area (Å²) < 4.78 is 27.5. The molecular weight excluding hydrogens is 400 g/mol. The van der Waals surface area contributed by atoms with Gasteiger partial charge in [0.15, 0.2) is 17.4 Å². The number of hydrogen-bond acceptors (Lipinski definition) is 7. The fraction of sp³-hybridized carbons (Fsp3) is 0.583. The standard InChI is InChI=1S/C24H34O7/c1-6-9-10-11-12-17-13-16-14-19(27-4)20(28-5)15-18(16)22(31-17)21(23(25)29-7-2)24(26)30-8-3/h13-15,21-22H,6-12H2,1-5H3. The zero-order valence-electron chi connectivity index (χ0n) is 19.2. The van der Waals surface area contributed by atoms with Crippen molar-refractivity contribution in [2.75, 3.05) is 27.4 Å². The number of fused-ring (bicyclic) bond motifs is 1. The SMILES string of the molecule is CCCCCCC1=Cc2cc(OC)c(OC)cc2C(C(C(=O)OCC)C(=O)OCC)O1. The average Bonchev–Trinajstić information content (AvgIpc) is 2.76. The van der Waals surface area contributed by atoms with Gasteiger partial charge in [-0.05, 0) is 44.0 Å². The number of rotatable bonds is 12. The lowest BCUT2D eigenvalue weighted by Crippen LogP contribution is -2.35. The van der Waals surface area contributed by atoms with Crippen molar-refractivity contribution in [1.82, 2.24) is 0 Å². The lowest BCUT2D eigenvalue weighted by molar-refractivity contribution is -0.168. The number of benzene rings is 1. The highest BCUT2D eigenvalue weighted by molar-refractivity contribution is 5.96. The van der Waals surface area contributed by atoms with Crippen LogP contribution in [0.4, 0.5) is 0 Å². The van der Waals surface area contributed by atoms with Crippen LogP contribution in [0.2, 0.25) is 0 Å². The zero-order chi connectivity index (χ0) is 22.8. The Bertz CT molecular complexity index is 766. The topological polar surface area (TPSA) is 80.3 Å². The molecule has 7 nitrogen and oxygen atoms in total. The molecule has 0 aliphatic carbocycles. The molecular formula is C24H34O7. The fourth-order valence-electron chi connectivity index (χ4n) is 3.63. The second-order valence-electron chi connectivity index (χ2n) is 7.28. The van der Waals surface area contributed by atoms with Gasteiger partial charge >= 0.3 is 11.9 Å². The van der Waals surface area contributed by atoms with E-state index in [0.29, 0.717) is 23.5 Å². The van der Waals surface area contributed by atoms with Crippen LogP contribution in [0.5, 0.6) is 11.5 Å². The molecule has 7 heteroatoms. The van der Waals surface area contributed by atoms with Crippen LogP contribution in [0.25, 0.3) is 6.08 Å². The summed E-state index contributed by atoms with van der Waals surface area (Å²) in [6.07, 6.45) is 6.09. The van der Waals surface area contributed by atoms with Gasteiger partial charge in [-0.3, -0.25) is 9.59 Å².